The van der Waals surface area contributed by atoms with Crippen LogP contribution in [0, 0.1) is 9.49 Å². The number of hydrogen-bond donors (Lipinski definition) is 0. The predicted molar refractivity (Wildman–Crippen MR) is 93.0 cm³/mol. The van der Waals surface area contributed by atoms with Crippen LogP contribution < -0.4 is 4.74 Å². The van der Waals surface area contributed by atoms with Crippen LogP contribution in [0.3, 0.4) is 0 Å². The van der Waals surface area contributed by atoms with Gasteiger partial charge in [-0.3, -0.25) is 9.63 Å². The van der Waals surface area contributed by atoms with Gasteiger partial charge in [-0.15, -0.1) is 0 Å². The Hall–Kier alpha value is -1.55. The van der Waals surface area contributed by atoms with Crippen LogP contribution in [0.4, 0.5) is 0 Å². The van der Waals surface area contributed by atoms with Crippen molar-refractivity contribution in [3.63, 3.8) is 0 Å². The number of ether oxygens (including phenoxy) is 2. The van der Waals surface area contributed by atoms with Crippen LogP contribution in [0.1, 0.15) is 12.5 Å². The lowest BCUT2D eigenvalue weighted by Gasteiger charge is -2.21. The summed E-state index contributed by atoms with van der Waals surface area (Å²) in [5.74, 6) is 0.300. The molecule has 3 rings (SSSR count). The van der Waals surface area contributed by atoms with Crippen molar-refractivity contribution in [2.75, 3.05) is 13.7 Å². The van der Waals surface area contributed by atoms with Crippen LogP contribution in [-0.4, -0.2) is 42.9 Å². The summed E-state index contributed by atoms with van der Waals surface area (Å²) < 4.78 is 11.8. The smallest absolute Gasteiger partial charge is 0.326 e. The molecule has 0 aromatic heterocycles. The molecule has 2 heterocycles. The first-order valence-corrected chi connectivity index (χ1v) is 8.60. The standard InChI is InChI=1S/C15H17IN4O4/c1-8-12-11(6-18-19-17)24-20(13(12)15(21)23-8)7-9-4-3-5-10(16)14(9)22-2/h3-5,8,11-13H,6-7H2,1-2H3/t8-,11-,12+,13-/m0/s1. The van der Waals surface area contributed by atoms with Gasteiger partial charge in [-0.2, -0.15) is 5.06 Å². The SMILES string of the molecule is COc1c(I)cccc1CN1O[C@@H](CN=[N+]=[N-])[C@H]2[C@H](C)OC(=O)[C@H]21. The van der Waals surface area contributed by atoms with Crippen LogP contribution in [0.15, 0.2) is 23.3 Å². The van der Waals surface area contributed by atoms with Crippen LogP contribution in [0.2, 0.25) is 0 Å². The maximum atomic E-state index is 12.2. The fourth-order valence-corrected chi connectivity index (χ4v) is 4.13. The number of cyclic esters (lactones) is 1. The molecule has 0 N–H and O–H groups in total. The number of hydrogen-bond acceptors (Lipinski definition) is 6. The summed E-state index contributed by atoms with van der Waals surface area (Å²) in [5, 5.41) is 5.23. The van der Waals surface area contributed by atoms with Crippen molar-refractivity contribution in [3.8, 4) is 5.75 Å². The third-order valence-corrected chi connectivity index (χ3v) is 5.21. The summed E-state index contributed by atoms with van der Waals surface area (Å²) >= 11 is 2.20. The second-order valence-electron chi connectivity index (χ2n) is 5.73. The highest BCUT2D eigenvalue weighted by atomic mass is 127. The highest BCUT2D eigenvalue weighted by Gasteiger charge is 2.56. The topological polar surface area (TPSA) is 96.8 Å². The molecule has 128 valence electrons. The number of nitrogens with zero attached hydrogens (tertiary/aromatic N) is 4. The van der Waals surface area contributed by atoms with Gasteiger partial charge >= 0.3 is 5.97 Å². The Morgan fingerprint density at radius 2 is 2.29 bits per heavy atom. The van der Waals surface area contributed by atoms with Gasteiger partial charge in [0.15, 0.2) is 0 Å². The average molecular weight is 444 g/mol. The summed E-state index contributed by atoms with van der Waals surface area (Å²) in [6.07, 6.45) is -0.648. The molecular formula is C15H17IN4O4. The molecule has 2 aliphatic rings. The molecule has 0 radical (unpaired) electrons. The first kappa shape index (κ1) is 17.3. The normalized spacial score (nSPS) is 29.0. The molecule has 1 aromatic carbocycles. The minimum absolute atomic E-state index is 0.156. The number of azide groups is 1. The zero-order valence-corrected chi connectivity index (χ0v) is 15.4. The molecule has 0 amide bonds. The van der Waals surface area contributed by atoms with Crippen molar-refractivity contribution in [2.24, 2.45) is 11.0 Å². The van der Waals surface area contributed by atoms with E-state index in [0.717, 1.165) is 14.9 Å². The molecule has 24 heavy (non-hydrogen) atoms. The van der Waals surface area contributed by atoms with Gasteiger partial charge in [0.2, 0.25) is 0 Å². The van der Waals surface area contributed by atoms with Crippen molar-refractivity contribution in [1.29, 1.82) is 0 Å². The van der Waals surface area contributed by atoms with E-state index < -0.39 is 6.04 Å². The van der Waals surface area contributed by atoms with E-state index in [1.165, 1.54) is 0 Å². The van der Waals surface area contributed by atoms with Crippen molar-refractivity contribution in [3.05, 3.63) is 37.8 Å². The average Bonchev–Trinajstić information content (AvgIpc) is 3.05. The highest BCUT2D eigenvalue weighted by molar-refractivity contribution is 14.1. The maximum Gasteiger partial charge on any atom is 0.326 e. The summed E-state index contributed by atoms with van der Waals surface area (Å²) in [4.78, 5) is 20.9. The van der Waals surface area contributed by atoms with E-state index in [-0.39, 0.29) is 30.6 Å². The summed E-state index contributed by atoms with van der Waals surface area (Å²) in [6, 6.07) is 5.32. The van der Waals surface area contributed by atoms with E-state index >= 15 is 0 Å². The molecule has 2 saturated heterocycles. The van der Waals surface area contributed by atoms with Gasteiger partial charge in [0.05, 0.1) is 35.8 Å². The molecule has 0 aliphatic carbocycles. The zero-order valence-electron chi connectivity index (χ0n) is 13.3. The number of hydroxylamine groups is 2. The molecular weight excluding hydrogens is 427 g/mol. The first-order chi connectivity index (χ1) is 11.6. The van der Waals surface area contributed by atoms with Crippen molar-refractivity contribution in [2.45, 2.75) is 31.7 Å². The van der Waals surface area contributed by atoms with E-state index in [1.54, 1.807) is 12.2 Å². The molecule has 0 spiro atoms. The Kier molecular flexibility index (Phi) is 5.14. The van der Waals surface area contributed by atoms with Gasteiger partial charge in [0.1, 0.15) is 17.9 Å². The van der Waals surface area contributed by atoms with E-state index in [2.05, 4.69) is 32.6 Å². The van der Waals surface area contributed by atoms with Gasteiger partial charge in [-0.1, -0.05) is 17.2 Å². The number of benzene rings is 1. The third-order valence-electron chi connectivity index (χ3n) is 4.36. The zero-order chi connectivity index (χ0) is 17.3. The number of methoxy groups -OCH3 is 1. The number of carbonyl (C=O) groups excluding carboxylic acids is 1. The summed E-state index contributed by atoms with van der Waals surface area (Å²) in [7, 11) is 1.62. The number of rotatable bonds is 5. The Balaban J connectivity index is 1.87. The minimum Gasteiger partial charge on any atom is -0.495 e. The lowest BCUT2D eigenvalue weighted by atomic mass is 9.92. The molecule has 0 saturated carbocycles. The molecule has 0 bridgehead atoms. The van der Waals surface area contributed by atoms with E-state index in [1.807, 2.05) is 25.1 Å². The number of para-hydroxylation sites is 1. The van der Waals surface area contributed by atoms with E-state index in [0.29, 0.717) is 6.54 Å². The Morgan fingerprint density at radius 1 is 1.50 bits per heavy atom. The van der Waals surface area contributed by atoms with E-state index in [9.17, 15) is 4.79 Å². The van der Waals surface area contributed by atoms with Gasteiger partial charge < -0.3 is 9.47 Å². The summed E-state index contributed by atoms with van der Waals surface area (Å²) in [5.41, 5.74) is 9.48. The molecule has 1 aromatic rings. The Labute approximate surface area is 152 Å². The third kappa shape index (κ3) is 3.04. The first-order valence-electron chi connectivity index (χ1n) is 7.53. The van der Waals surface area contributed by atoms with Crippen molar-refractivity contribution >= 4 is 28.6 Å². The van der Waals surface area contributed by atoms with Crippen molar-refractivity contribution < 1.29 is 19.1 Å². The molecule has 4 atom stereocenters. The lowest BCUT2D eigenvalue weighted by Crippen LogP contribution is -2.35. The van der Waals surface area contributed by atoms with Crippen molar-refractivity contribution in [1.82, 2.24) is 5.06 Å². The van der Waals surface area contributed by atoms with Gasteiger partial charge in [-0.05, 0) is 41.1 Å². The molecule has 8 nitrogen and oxygen atoms in total. The number of fused-ring (bicyclic) bond motifs is 1. The van der Waals surface area contributed by atoms with E-state index in [4.69, 9.17) is 19.8 Å². The quantitative estimate of drug-likeness (QED) is 0.229. The maximum absolute atomic E-state index is 12.2. The van der Waals surface area contributed by atoms with Crippen LogP contribution in [0.5, 0.6) is 5.75 Å². The number of carbonyl (C=O) groups is 1. The largest absolute Gasteiger partial charge is 0.495 e. The predicted octanol–water partition coefficient (Wildman–Crippen LogP) is 2.66. The van der Waals surface area contributed by atoms with Crippen LogP contribution >= 0.6 is 22.6 Å². The van der Waals surface area contributed by atoms with Gasteiger partial charge in [-0.25, -0.2) is 0 Å². The highest BCUT2D eigenvalue weighted by Crippen LogP contribution is 2.39. The second kappa shape index (κ2) is 7.14. The molecule has 9 heteroatoms. The number of halogens is 1. The van der Waals surface area contributed by atoms with Gasteiger partial charge in [0.25, 0.3) is 0 Å². The molecule has 0 unspecified atom stereocenters. The molecule has 2 fully saturated rings. The second-order valence-corrected chi connectivity index (χ2v) is 6.89. The van der Waals surface area contributed by atoms with Gasteiger partial charge in [0, 0.05) is 10.5 Å². The fraction of sp³-hybridized carbons (Fsp3) is 0.533. The Bertz CT molecular complexity index is 694. The minimum atomic E-state index is -0.499. The molecule has 2 aliphatic heterocycles. The van der Waals surface area contributed by atoms with Crippen LogP contribution in [-0.2, 0) is 20.9 Å². The van der Waals surface area contributed by atoms with Crippen LogP contribution in [0.25, 0.3) is 10.4 Å². The number of esters is 1. The Morgan fingerprint density at radius 3 is 3.00 bits per heavy atom. The monoisotopic (exact) mass is 444 g/mol. The fourth-order valence-electron chi connectivity index (χ4n) is 3.35. The lowest BCUT2D eigenvalue weighted by molar-refractivity contribution is -0.188. The summed E-state index contributed by atoms with van der Waals surface area (Å²) in [6.45, 7) is 2.39.